The zero-order chi connectivity index (χ0) is 17.5. The van der Waals surface area contributed by atoms with Gasteiger partial charge < -0.3 is 0 Å². The van der Waals surface area contributed by atoms with Gasteiger partial charge >= 0.3 is 0 Å². The molecule has 0 amide bonds. The second-order valence-corrected chi connectivity index (χ2v) is 10.5. The van der Waals surface area contributed by atoms with E-state index in [0.717, 1.165) is 25.7 Å². The summed E-state index contributed by atoms with van der Waals surface area (Å²) in [7, 11) is -3.47. The Labute approximate surface area is 146 Å². The molecule has 1 aliphatic carbocycles. The van der Waals surface area contributed by atoms with E-state index in [2.05, 4.69) is 6.92 Å². The minimum Gasteiger partial charge on any atom is -0.268 e. The van der Waals surface area contributed by atoms with Gasteiger partial charge in [0.25, 0.3) is 0 Å². The van der Waals surface area contributed by atoms with E-state index < -0.39 is 10.0 Å². The van der Waals surface area contributed by atoms with Crippen molar-refractivity contribution in [2.45, 2.75) is 82.6 Å². The highest BCUT2D eigenvalue weighted by atomic mass is 32.2. The summed E-state index contributed by atoms with van der Waals surface area (Å²) in [6.07, 6.45) is 8.49. The zero-order valence-electron chi connectivity index (χ0n) is 15.5. The smallest absolute Gasteiger partial charge is 0.246 e. The molecule has 24 heavy (non-hydrogen) atoms. The van der Waals surface area contributed by atoms with Gasteiger partial charge in [-0.15, -0.1) is 0 Å². The maximum Gasteiger partial charge on any atom is 0.246 e. The van der Waals surface area contributed by atoms with Gasteiger partial charge in [-0.3, -0.25) is 4.68 Å². The number of nitrogens with zero attached hydrogens (tertiary/aromatic N) is 3. The Hall–Kier alpha value is -0.880. The highest BCUT2D eigenvalue weighted by Gasteiger charge is 2.36. The lowest BCUT2D eigenvalue weighted by atomic mass is 9.92. The molecule has 5 nitrogen and oxygen atoms in total. The molecule has 0 bridgehead atoms. The Morgan fingerprint density at radius 2 is 1.79 bits per heavy atom. The lowest BCUT2D eigenvalue weighted by Gasteiger charge is -2.30. The van der Waals surface area contributed by atoms with Crippen molar-refractivity contribution in [3.8, 4) is 0 Å². The van der Waals surface area contributed by atoms with Crippen LogP contribution in [0.5, 0.6) is 0 Å². The van der Waals surface area contributed by atoms with Gasteiger partial charge in [0, 0.05) is 24.7 Å². The first-order valence-electron chi connectivity index (χ1n) is 9.29. The van der Waals surface area contributed by atoms with E-state index in [1.54, 1.807) is 4.31 Å². The Morgan fingerprint density at radius 1 is 1.12 bits per heavy atom. The molecule has 6 heteroatoms. The van der Waals surface area contributed by atoms with Crippen molar-refractivity contribution < 1.29 is 8.42 Å². The molecule has 0 radical (unpaired) electrons. The summed E-state index contributed by atoms with van der Waals surface area (Å²) in [5.41, 5.74) is 0.431. The Morgan fingerprint density at radius 3 is 2.38 bits per heavy atom. The first-order valence-corrected chi connectivity index (χ1v) is 10.7. The van der Waals surface area contributed by atoms with Crippen LogP contribution in [0.1, 0.15) is 78.0 Å². The van der Waals surface area contributed by atoms with Crippen LogP contribution in [0.15, 0.2) is 11.1 Å². The molecule has 1 saturated carbocycles. The number of piperidine rings is 1. The molecule has 0 aromatic carbocycles. The van der Waals surface area contributed by atoms with Crippen molar-refractivity contribution in [1.29, 1.82) is 0 Å². The van der Waals surface area contributed by atoms with Gasteiger partial charge in [0.2, 0.25) is 10.0 Å². The van der Waals surface area contributed by atoms with E-state index >= 15 is 0 Å². The molecule has 136 valence electrons. The Bertz CT molecular complexity index is 682. The summed E-state index contributed by atoms with van der Waals surface area (Å²) in [5, 5.41) is 4.75. The van der Waals surface area contributed by atoms with Gasteiger partial charge in [0.1, 0.15) is 4.90 Å². The fraction of sp³-hybridized carbons (Fsp3) is 0.833. The molecule has 2 heterocycles. The van der Waals surface area contributed by atoms with Crippen LogP contribution in [0.4, 0.5) is 0 Å². The van der Waals surface area contributed by atoms with E-state index in [4.69, 9.17) is 5.10 Å². The average Bonchev–Trinajstić information content (AvgIpc) is 3.16. The van der Waals surface area contributed by atoms with Crippen LogP contribution >= 0.6 is 0 Å². The third kappa shape index (κ3) is 3.40. The van der Waals surface area contributed by atoms with Crippen molar-refractivity contribution in [3.63, 3.8) is 0 Å². The maximum atomic E-state index is 13.3. The molecule has 0 spiro atoms. The minimum absolute atomic E-state index is 0.284. The lowest BCUT2D eigenvalue weighted by Crippen LogP contribution is -2.39. The number of rotatable bonds is 3. The number of hydrogen-bond donors (Lipinski definition) is 0. The first-order chi connectivity index (χ1) is 11.2. The Balaban J connectivity index is 2.01. The summed E-state index contributed by atoms with van der Waals surface area (Å²) in [5.74, 6) is 0.427. The monoisotopic (exact) mass is 353 g/mol. The van der Waals surface area contributed by atoms with Gasteiger partial charge in [-0.05, 0) is 31.6 Å². The first kappa shape index (κ1) is 17.9. The molecule has 1 unspecified atom stereocenters. The molecule has 1 atom stereocenters. The standard InChI is InChI=1S/C18H31N3O2S/c1-14-8-7-11-20(12-14)24(22,23)16-13-21(15-9-5-6-10-15)19-17(16)18(2,3)4/h13-15H,5-12H2,1-4H3. The summed E-state index contributed by atoms with van der Waals surface area (Å²) < 4.78 is 30.2. The second kappa shape index (κ2) is 6.45. The summed E-state index contributed by atoms with van der Waals surface area (Å²) >= 11 is 0. The van der Waals surface area contributed by atoms with Gasteiger partial charge in [0.15, 0.2) is 0 Å². The van der Waals surface area contributed by atoms with Crippen molar-refractivity contribution >= 4 is 10.0 Å². The topological polar surface area (TPSA) is 55.2 Å². The van der Waals surface area contributed by atoms with Crippen LogP contribution in [-0.4, -0.2) is 35.6 Å². The quantitative estimate of drug-likeness (QED) is 0.832. The van der Waals surface area contributed by atoms with Crippen LogP contribution in [0.2, 0.25) is 0 Å². The molecule has 1 aromatic heterocycles. The van der Waals surface area contributed by atoms with Crippen LogP contribution in [0, 0.1) is 5.92 Å². The summed E-state index contributed by atoms with van der Waals surface area (Å²) in [6.45, 7) is 9.53. The fourth-order valence-electron chi connectivity index (χ4n) is 3.94. The highest BCUT2D eigenvalue weighted by Crippen LogP contribution is 2.35. The van der Waals surface area contributed by atoms with Gasteiger partial charge in [-0.2, -0.15) is 9.40 Å². The minimum atomic E-state index is -3.47. The second-order valence-electron chi connectivity index (χ2n) is 8.62. The average molecular weight is 354 g/mol. The molecule has 2 fully saturated rings. The van der Waals surface area contributed by atoms with Gasteiger partial charge in [-0.1, -0.05) is 40.5 Å². The molecule has 1 saturated heterocycles. The normalized spacial score (nSPS) is 24.6. The molecule has 2 aliphatic rings. The van der Waals surface area contributed by atoms with Crippen LogP contribution in [0.3, 0.4) is 0 Å². The third-order valence-corrected chi connectivity index (χ3v) is 7.21. The van der Waals surface area contributed by atoms with E-state index in [0.29, 0.717) is 35.6 Å². The third-order valence-electron chi connectivity index (χ3n) is 5.35. The summed E-state index contributed by atoms with van der Waals surface area (Å²) in [4.78, 5) is 0.427. The molecule has 1 aliphatic heterocycles. The molecule has 3 rings (SSSR count). The van der Waals surface area contributed by atoms with E-state index in [9.17, 15) is 8.42 Å². The molecular weight excluding hydrogens is 322 g/mol. The van der Waals surface area contributed by atoms with E-state index in [1.807, 2.05) is 31.6 Å². The van der Waals surface area contributed by atoms with Crippen molar-refractivity contribution in [2.75, 3.05) is 13.1 Å². The highest BCUT2D eigenvalue weighted by molar-refractivity contribution is 7.89. The van der Waals surface area contributed by atoms with Gasteiger partial charge in [0.05, 0.1) is 11.7 Å². The zero-order valence-corrected chi connectivity index (χ0v) is 16.3. The van der Waals surface area contributed by atoms with Crippen molar-refractivity contribution in [2.24, 2.45) is 5.92 Å². The van der Waals surface area contributed by atoms with Crippen LogP contribution in [-0.2, 0) is 15.4 Å². The maximum absolute atomic E-state index is 13.3. The van der Waals surface area contributed by atoms with Crippen molar-refractivity contribution in [1.82, 2.24) is 14.1 Å². The Kier molecular flexibility index (Phi) is 4.82. The molecular formula is C18H31N3O2S. The number of aromatic nitrogens is 2. The predicted octanol–water partition coefficient (Wildman–Crippen LogP) is 3.72. The van der Waals surface area contributed by atoms with E-state index in [1.165, 1.54) is 12.8 Å². The van der Waals surface area contributed by atoms with Crippen molar-refractivity contribution in [3.05, 3.63) is 11.9 Å². The lowest BCUT2D eigenvalue weighted by molar-refractivity contribution is 0.281. The predicted molar refractivity (Wildman–Crippen MR) is 95.6 cm³/mol. The van der Waals surface area contributed by atoms with Crippen LogP contribution < -0.4 is 0 Å². The van der Waals surface area contributed by atoms with Gasteiger partial charge in [-0.25, -0.2) is 8.42 Å². The van der Waals surface area contributed by atoms with Crippen LogP contribution in [0.25, 0.3) is 0 Å². The summed E-state index contributed by atoms with van der Waals surface area (Å²) in [6, 6.07) is 0.357. The van der Waals surface area contributed by atoms with E-state index in [-0.39, 0.29) is 5.41 Å². The number of hydrogen-bond acceptors (Lipinski definition) is 3. The largest absolute Gasteiger partial charge is 0.268 e. The fourth-order valence-corrected chi connectivity index (χ4v) is 5.87. The molecule has 1 aromatic rings. The molecule has 0 N–H and O–H groups in total. The SMILES string of the molecule is CC1CCCN(S(=O)(=O)c2cn(C3CCCC3)nc2C(C)(C)C)C1. The number of sulfonamides is 1.